The lowest BCUT2D eigenvalue weighted by molar-refractivity contribution is -0.144. The molecule has 2 rings (SSSR count). The van der Waals surface area contributed by atoms with Gasteiger partial charge in [0.15, 0.2) is 18.1 Å². The number of carboxylic acids is 1. The normalized spacial score (nSPS) is 19.2. The highest BCUT2D eigenvalue weighted by molar-refractivity contribution is 5.97. The third-order valence-electron chi connectivity index (χ3n) is 4.63. The predicted octanol–water partition coefficient (Wildman–Crippen LogP) is 1.92. The zero-order chi connectivity index (χ0) is 20.8. The minimum atomic E-state index is -0.997. The maximum atomic E-state index is 12.9. The largest absolute Gasteiger partial charge is 0.493 e. The van der Waals surface area contributed by atoms with Crippen molar-refractivity contribution in [1.82, 2.24) is 10.2 Å². The fourth-order valence-electron chi connectivity index (χ4n) is 3.21. The van der Waals surface area contributed by atoms with E-state index in [2.05, 4.69) is 5.32 Å². The maximum Gasteiger partial charge on any atom is 0.326 e. The van der Waals surface area contributed by atoms with E-state index in [1.165, 1.54) is 18.1 Å². The molecule has 2 atom stereocenters. The van der Waals surface area contributed by atoms with E-state index in [0.717, 1.165) is 6.42 Å². The van der Waals surface area contributed by atoms with Crippen LogP contribution in [0.2, 0.25) is 0 Å². The molecule has 1 heterocycles. The molecule has 1 aromatic rings. The van der Waals surface area contributed by atoms with Crippen LogP contribution in [0.4, 0.5) is 0 Å². The number of carbonyl (C=O) groups is 3. The van der Waals surface area contributed by atoms with Gasteiger partial charge in [-0.2, -0.15) is 0 Å². The van der Waals surface area contributed by atoms with Crippen molar-refractivity contribution in [3.05, 3.63) is 23.8 Å². The quantitative estimate of drug-likeness (QED) is 0.735. The number of rotatable bonds is 7. The van der Waals surface area contributed by atoms with Gasteiger partial charge in [0.2, 0.25) is 0 Å². The van der Waals surface area contributed by atoms with E-state index in [1.807, 2.05) is 20.8 Å². The van der Waals surface area contributed by atoms with Crippen molar-refractivity contribution in [3.63, 3.8) is 0 Å². The van der Waals surface area contributed by atoms with Gasteiger partial charge in [-0.1, -0.05) is 6.92 Å². The number of nitrogens with zero attached hydrogens (tertiary/aromatic N) is 1. The average molecular weight is 392 g/mol. The van der Waals surface area contributed by atoms with Gasteiger partial charge in [-0.3, -0.25) is 9.59 Å². The average Bonchev–Trinajstić information content (AvgIpc) is 2.65. The predicted molar refractivity (Wildman–Crippen MR) is 103 cm³/mol. The van der Waals surface area contributed by atoms with Gasteiger partial charge < -0.3 is 24.8 Å². The summed E-state index contributed by atoms with van der Waals surface area (Å²) in [6.07, 6.45) is 1.20. The maximum absolute atomic E-state index is 12.9. The standard InChI is InChI=1S/C20H28N2O6/c1-12(2)21-18(23)11-28-16-6-5-14(10-17(16)27-4)19(24)22-8-7-13(3)9-15(22)20(25)26/h5-6,10,12-13,15H,7-9,11H2,1-4H3,(H,21,23)(H,25,26). The molecule has 1 aliphatic heterocycles. The van der Waals surface area contributed by atoms with Crippen molar-refractivity contribution in [2.75, 3.05) is 20.3 Å². The zero-order valence-corrected chi connectivity index (χ0v) is 16.7. The van der Waals surface area contributed by atoms with E-state index in [0.29, 0.717) is 30.0 Å². The Bertz CT molecular complexity index is 733. The Morgan fingerprint density at radius 3 is 2.61 bits per heavy atom. The smallest absolute Gasteiger partial charge is 0.326 e. The first-order chi connectivity index (χ1) is 13.2. The molecule has 154 valence electrons. The minimum absolute atomic E-state index is 0.00688. The summed E-state index contributed by atoms with van der Waals surface area (Å²) in [4.78, 5) is 37.6. The van der Waals surface area contributed by atoms with Crippen molar-refractivity contribution in [2.24, 2.45) is 5.92 Å². The van der Waals surface area contributed by atoms with E-state index < -0.39 is 12.0 Å². The van der Waals surface area contributed by atoms with Gasteiger partial charge in [-0.15, -0.1) is 0 Å². The molecule has 8 heteroatoms. The van der Waals surface area contributed by atoms with Crippen LogP contribution in [0.25, 0.3) is 0 Å². The number of piperidine rings is 1. The molecule has 8 nitrogen and oxygen atoms in total. The molecule has 0 spiro atoms. The molecule has 0 bridgehead atoms. The van der Waals surface area contributed by atoms with Gasteiger partial charge in [0.05, 0.1) is 7.11 Å². The van der Waals surface area contributed by atoms with Crippen LogP contribution < -0.4 is 14.8 Å². The van der Waals surface area contributed by atoms with E-state index >= 15 is 0 Å². The molecular weight excluding hydrogens is 364 g/mol. The molecule has 1 aliphatic rings. The second-order valence-corrected chi connectivity index (χ2v) is 7.36. The molecule has 1 aromatic carbocycles. The van der Waals surface area contributed by atoms with Crippen molar-refractivity contribution in [3.8, 4) is 11.5 Å². The lowest BCUT2D eigenvalue weighted by Crippen LogP contribution is -2.49. The van der Waals surface area contributed by atoms with Crippen molar-refractivity contribution in [1.29, 1.82) is 0 Å². The van der Waals surface area contributed by atoms with E-state index in [-0.39, 0.29) is 30.4 Å². The number of nitrogens with one attached hydrogen (secondary N) is 1. The summed E-state index contributed by atoms with van der Waals surface area (Å²) in [5.41, 5.74) is 0.316. The lowest BCUT2D eigenvalue weighted by atomic mass is 9.92. The van der Waals surface area contributed by atoms with Gasteiger partial charge in [0.1, 0.15) is 6.04 Å². The Balaban J connectivity index is 2.14. The lowest BCUT2D eigenvalue weighted by Gasteiger charge is -2.36. The number of amides is 2. The van der Waals surface area contributed by atoms with E-state index in [4.69, 9.17) is 9.47 Å². The molecule has 0 aromatic heterocycles. The van der Waals surface area contributed by atoms with Crippen LogP contribution in [0.3, 0.4) is 0 Å². The molecule has 2 N–H and O–H groups in total. The molecule has 1 fully saturated rings. The number of methoxy groups -OCH3 is 1. The van der Waals surface area contributed by atoms with Gasteiger partial charge in [0, 0.05) is 18.2 Å². The summed E-state index contributed by atoms with van der Waals surface area (Å²) in [5, 5.41) is 12.2. The Kier molecular flexibility index (Phi) is 7.25. The number of carboxylic acid groups (broad SMARTS) is 1. The van der Waals surface area contributed by atoms with Crippen LogP contribution in [0.5, 0.6) is 11.5 Å². The Morgan fingerprint density at radius 2 is 2.00 bits per heavy atom. The highest BCUT2D eigenvalue weighted by Crippen LogP contribution is 2.30. The molecule has 2 amide bonds. The van der Waals surface area contributed by atoms with Crippen LogP contribution in [0, 0.1) is 5.92 Å². The van der Waals surface area contributed by atoms with Crippen molar-refractivity contribution >= 4 is 17.8 Å². The number of hydrogen-bond donors (Lipinski definition) is 2. The Labute approximate surface area is 164 Å². The molecule has 0 aliphatic carbocycles. The van der Waals surface area contributed by atoms with E-state index in [1.54, 1.807) is 12.1 Å². The topological polar surface area (TPSA) is 105 Å². The molecule has 2 unspecified atom stereocenters. The van der Waals surface area contributed by atoms with Gasteiger partial charge in [-0.05, 0) is 50.8 Å². The molecule has 28 heavy (non-hydrogen) atoms. The minimum Gasteiger partial charge on any atom is -0.493 e. The summed E-state index contributed by atoms with van der Waals surface area (Å²) in [7, 11) is 1.44. The third-order valence-corrected chi connectivity index (χ3v) is 4.63. The van der Waals surface area contributed by atoms with Crippen molar-refractivity contribution < 1.29 is 29.0 Å². The van der Waals surface area contributed by atoms with E-state index in [9.17, 15) is 19.5 Å². The zero-order valence-electron chi connectivity index (χ0n) is 16.7. The molecule has 1 saturated heterocycles. The molecular formula is C20H28N2O6. The molecule has 0 radical (unpaired) electrons. The number of ether oxygens (including phenoxy) is 2. The van der Waals surface area contributed by atoms with Crippen LogP contribution >= 0.6 is 0 Å². The SMILES string of the molecule is COc1cc(C(=O)N2CCC(C)CC2C(=O)O)ccc1OCC(=O)NC(C)C. The highest BCUT2D eigenvalue weighted by atomic mass is 16.5. The monoisotopic (exact) mass is 392 g/mol. The van der Waals surface area contributed by atoms with Crippen LogP contribution in [-0.4, -0.2) is 60.1 Å². The summed E-state index contributed by atoms with van der Waals surface area (Å²) in [5.74, 6) is -0.721. The fraction of sp³-hybridized carbons (Fsp3) is 0.550. The molecule has 0 saturated carbocycles. The second kappa shape index (κ2) is 9.43. The Morgan fingerprint density at radius 1 is 1.29 bits per heavy atom. The number of likely N-dealkylation sites (tertiary alicyclic amines) is 1. The number of carbonyl (C=O) groups excluding carboxylic acids is 2. The summed E-state index contributed by atoms with van der Waals surface area (Å²) >= 11 is 0. The first kappa shape index (κ1) is 21.5. The van der Waals surface area contributed by atoms with Gasteiger partial charge in [0.25, 0.3) is 11.8 Å². The first-order valence-electron chi connectivity index (χ1n) is 9.36. The van der Waals surface area contributed by atoms with Crippen LogP contribution in [0.15, 0.2) is 18.2 Å². The number of hydrogen-bond acceptors (Lipinski definition) is 5. The third kappa shape index (κ3) is 5.37. The van der Waals surface area contributed by atoms with Crippen LogP contribution in [0.1, 0.15) is 44.0 Å². The van der Waals surface area contributed by atoms with Crippen molar-refractivity contribution in [2.45, 2.75) is 45.7 Å². The summed E-state index contributed by atoms with van der Waals surface area (Å²) < 4.78 is 10.8. The second-order valence-electron chi connectivity index (χ2n) is 7.36. The number of aliphatic carboxylic acids is 1. The summed E-state index contributed by atoms with van der Waals surface area (Å²) in [6.45, 7) is 5.91. The number of benzene rings is 1. The highest BCUT2D eigenvalue weighted by Gasteiger charge is 2.35. The van der Waals surface area contributed by atoms with Crippen LogP contribution in [-0.2, 0) is 9.59 Å². The first-order valence-corrected chi connectivity index (χ1v) is 9.36. The van der Waals surface area contributed by atoms with Gasteiger partial charge in [-0.25, -0.2) is 4.79 Å². The Hall–Kier alpha value is -2.77. The van der Waals surface area contributed by atoms with Gasteiger partial charge >= 0.3 is 5.97 Å². The fourth-order valence-corrected chi connectivity index (χ4v) is 3.21. The summed E-state index contributed by atoms with van der Waals surface area (Å²) in [6, 6.07) is 3.79.